The number of nitro benzene ring substituents is 1. The Morgan fingerprint density at radius 3 is 2.96 bits per heavy atom. The topological polar surface area (TPSA) is 108 Å². The average Bonchev–Trinajstić information content (AvgIpc) is 2.97. The third-order valence-electron chi connectivity index (χ3n) is 4.40. The van der Waals surface area contributed by atoms with Crippen molar-refractivity contribution in [2.45, 2.75) is 26.2 Å². The van der Waals surface area contributed by atoms with Crippen LogP contribution < -0.4 is 10.6 Å². The molecular formula is C18H16N4O3S2. The van der Waals surface area contributed by atoms with Crippen molar-refractivity contribution in [2.24, 2.45) is 5.92 Å². The molecule has 1 aromatic carbocycles. The van der Waals surface area contributed by atoms with E-state index in [4.69, 9.17) is 12.2 Å². The van der Waals surface area contributed by atoms with Crippen LogP contribution in [0.4, 0.5) is 10.7 Å². The molecule has 0 saturated heterocycles. The number of thiocarbonyl (C=S) groups is 1. The Morgan fingerprint density at radius 1 is 1.48 bits per heavy atom. The number of non-ortho nitro benzene ring substituents is 1. The molecule has 9 heteroatoms. The van der Waals surface area contributed by atoms with Gasteiger partial charge in [-0.1, -0.05) is 13.0 Å². The number of nitrogens with zero attached hydrogens (tertiary/aromatic N) is 2. The number of anilines is 1. The lowest BCUT2D eigenvalue weighted by molar-refractivity contribution is -0.384. The molecule has 138 valence electrons. The van der Waals surface area contributed by atoms with E-state index in [9.17, 15) is 20.2 Å². The maximum atomic E-state index is 12.3. The Labute approximate surface area is 165 Å². The second kappa shape index (κ2) is 7.82. The molecule has 7 nitrogen and oxygen atoms in total. The van der Waals surface area contributed by atoms with E-state index >= 15 is 0 Å². The first-order valence-corrected chi connectivity index (χ1v) is 9.53. The van der Waals surface area contributed by atoms with Crippen LogP contribution in [0.1, 0.15) is 39.7 Å². The van der Waals surface area contributed by atoms with Gasteiger partial charge in [-0.25, -0.2) is 0 Å². The zero-order valence-electron chi connectivity index (χ0n) is 14.4. The lowest BCUT2D eigenvalue weighted by Crippen LogP contribution is -2.34. The number of fused-ring (bicyclic) bond motifs is 1. The van der Waals surface area contributed by atoms with E-state index in [1.807, 2.05) is 0 Å². The minimum absolute atomic E-state index is 0.0506. The first-order chi connectivity index (χ1) is 12.9. The van der Waals surface area contributed by atoms with Gasteiger partial charge >= 0.3 is 0 Å². The fraction of sp³-hybridized carbons (Fsp3) is 0.278. The van der Waals surface area contributed by atoms with Crippen molar-refractivity contribution >= 4 is 45.3 Å². The molecule has 1 amide bonds. The van der Waals surface area contributed by atoms with Crippen LogP contribution in [0.5, 0.6) is 0 Å². The number of thiophene rings is 1. The Hall–Kier alpha value is -2.83. The third-order valence-corrected chi connectivity index (χ3v) is 5.77. The quantitative estimate of drug-likeness (QED) is 0.461. The zero-order chi connectivity index (χ0) is 19.6. The van der Waals surface area contributed by atoms with E-state index in [0.29, 0.717) is 16.5 Å². The number of hydrogen-bond acceptors (Lipinski definition) is 6. The summed E-state index contributed by atoms with van der Waals surface area (Å²) in [5.41, 5.74) is 1.60. The molecule has 0 unspecified atom stereocenters. The molecule has 0 bridgehead atoms. The van der Waals surface area contributed by atoms with E-state index in [1.165, 1.54) is 40.5 Å². The highest BCUT2D eigenvalue weighted by molar-refractivity contribution is 7.80. The number of hydrogen-bond donors (Lipinski definition) is 2. The van der Waals surface area contributed by atoms with Gasteiger partial charge in [-0.2, -0.15) is 5.26 Å². The van der Waals surface area contributed by atoms with Crippen LogP contribution in [-0.4, -0.2) is 15.9 Å². The van der Waals surface area contributed by atoms with Crippen LogP contribution in [0.25, 0.3) is 0 Å². The second-order valence-corrected chi connectivity index (χ2v) is 7.90. The molecule has 1 atom stereocenters. The van der Waals surface area contributed by atoms with Gasteiger partial charge < -0.3 is 5.32 Å². The molecule has 27 heavy (non-hydrogen) atoms. The van der Waals surface area contributed by atoms with Crippen LogP contribution in [0.2, 0.25) is 0 Å². The molecule has 3 rings (SSSR count). The molecule has 1 aliphatic carbocycles. The van der Waals surface area contributed by atoms with E-state index in [0.717, 1.165) is 24.8 Å². The molecule has 2 aromatic rings. The summed E-state index contributed by atoms with van der Waals surface area (Å²) in [6.45, 7) is 2.19. The van der Waals surface area contributed by atoms with Crippen molar-refractivity contribution < 1.29 is 9.72 Å². The van der Waals surface area contributed by atoms with E-state index in [-0.39, 0.29) is 16.4 Å². The SMILES string of the molecule is C[C@H]1CCc2c(sc(NC(=S)NC(=O)c3cccc([N+](=O)[O-])c3)c2C#N)C1. The van der Waals surface area contributed by atoms with Gasteiger partial charge in [0.1, 0.15) is 11.1 Å². The Kier molecular flexibility index (Phi) is 5.48. The van der Waals surface area contributed by atoms with Gasteiger partial charge in [0, 0.05) is 22.6 Å². The van der Waals surface area contributed by atoms with E-state index in [1.54, 1.807) is 0 Å². The van der Waals surface area contributed by atoms with Crippen molar-refractivity contribution in [3.05, 3.63) is 55.9 Å². The minimum Gasteiger partial charge on any atom is -0.323 e. The fourth-order valence-corrected chi connectivity index (χ4v) is 4.65. The van der Waals surface area contributed by atoms with Gasteiger partial charge in [0.25, 0.3) is 11.6 Å². The number of nitrogens with one attached hydrogen (secondary N) is 2. The highest BCUT2D eigenvalue weighted by Gasteiger charge is 2.24. The Balaban J connectivity index is 1.73. The molecule has 1 aromatic heterocycles. The van der Waals surface area contributed by atoms with Gasteiger partial charge in [-0.05, 0) is 49.0 Å². The maximum Gasteiger partial charge on any atom is 0.270 e. The highest BCUT2D eigenvalue weighted by atomic mass is 32.1. The van der Waals surface area contributed by atoms with Crippen LogP contribution in [-0.2, 0) is 12.8 Å². The predicted octanol–water partition coefficient (Wildman–Crippen LogP) is 3.78. The zero-order valence-corrected chi connectivity index (χ0v) is 16.1. The number of carbonyl (C=O) groups excluding carboxylic acids is 1. The monoisotopic (exact) mass is 400 g/mol. The number of rotatable bonds is 3. The summed E-state index contributed by atoms with van der Waals surface area (Å²) in [5.74, 6) is 0.0284. The Bertz CT molecular complexity index is 977. The Morgan fingerprint density at radius 2 is 2.26 bits per heavy atom. The molecule has 0 radical (unpaired) electrons. The highest BCUT2D eigenvalue weighted by Crippen LogP contribution is 2.39. The third kappa shape index (κ3) is 4.13. The molecule has 1 aliphatic rings. The summed E-state index contributed by atoms with van der Waals surface area (Å²) in [6.07, 6.45) is 2.85. The van der Waals surface area contributed by atoms with Crippen LogP contribution in [0, 0.1) is 27.4 Å². The summed E-state index contributed by atoms with van der Waals surface area (Å²) in [4.78, 5) is 23.7. The predicted molar refractivity (Wildman–Crippen MR) is 107 cm³/mol. The minimum atomic E-state index is -0.566. The average molecular weight is 400 g/mol. The summed E-state index contributed by atoms with van der Waals surface area (Å²) in [5, 5.41) is 26.5. The molecule has 2 N–H and O–H groups in total. The van der Waals surface area contributed by atoms with Crippen molar-refractivity contribution in [3.8, 4) is 6.07 Å². The number of nitriles is 1. The van der Waals surface area contributed by atoms with Crippen LogP contribution in [0.15, 0.2) is 24.3 Å². The first kappa shape index (κ1) is 18.9. The summed E-state index contributed by atoms with van der Waals surface area (Å²) in [7, 11) is 0. The molecule has 0 saturated carbocycles. The van der Waals surface area contributed by atoms with Crippen molar-refractivity contribution in [1.82, 2.24) is 5.32 Å². The summed E-state index contributed by atoms with van der Waals surface area (Å²) < 4.78 is 0. The van der Waals surface area contributed by atoms with Gasteiger partial charge in [-0.15, -0.1) is 11.3 Å². The lowest BCUT2D eigenvalue weighted by atomic mass is 9.89. The van der Waals surface area contributed by atoms with Crippen molar-refractivity contribution in [1.29, 1.82) is 5.26 Å². The molecule has 1 heterocycles. The first-order valence-electron chi connectivity index (χ1n) is 8.30. The normalized spacial score (nSPS) is 15.3. The molecule has 0 aliphatic heterocycles. The smallest absolute Gasteiger partial charge is 0.270 e. The maximum absolute atomic E-state index is 12.3. The molecular weight excluding hydrogens is 384 g/mol. The second-order valence-electron chi connectivity index (χ2n) is 6.38. The molecule has 0 fully saturated rings. The van der Waals surface area contributed by atoms with Crippen molar-refractivity contribution in [3.63, 3.8) is 0 Å². The fourth-order valence-electron chi connectivity index (χ4n) is 3.03. The van der Waals surface area contributed by atoms with Crippen molar-refractivity contribution in [2.75, 3.05) is 5.32 Å². The van der Waals surface area contributed by atoms with E-state index < -0.39 is 10.8 Å². The van der Waals surface area contributed by atoms with Gasteiger partial charge in [0.2, 0.25) is 0 Å². The largest absolute Gasteiger partial charge is 0.323 e. The number of nitro groups is 1. The van der Waals surface area contributed by atoms with Crippen LogP contribution in [0.3, 0.4) is 0 Å². The van der Waals surface area contributed by atoms with Gasteiger partial charge in [-0.3, -0.25) is 20.2 Å². The molecule has 0 spiro atoms. The lowest BCUT2D eigenvalue weighted by Gasteiger charge is -2.17. The number of carbonyl (C=O) groups is 1. The standard InChI is InChI=1S/C18H16N4O3S2/c1-10-5-6-13-14(9-19)17(27-15(13)7-10)21-18(26)20-16(23)11-3-2-4-12(8-11)22(24)25/h2-4,8,10H,5-7H2,1H3,(H2,20,21,23,26)/t10-/m0/s1. The van der Waals surface area contributed by atoms with Gasteiger partial charge in [0.05, 0.1) is 10.5 Å². The van der Waals surface area contributed by atoms with E-state index in [2.05, 4.69) is 23.6 Å². The summed E-state index contributed by atoms with van der Waals surface area (Å²) in [6, 6.07) is 7.63. The number of benzene rings is 1. The van der Waals surface area contributed by atoms with Gasteiger partial charge in [0.15, 0.2) is 5.11 Å². The summed E-state index contributed by atoms with van der Waals surface area (Å²) >= 11 is 6.67. The van der Waals surface area contributed by atoms with Crippen LogP contribution >= 0.6 is 23.6 Å². The number of amides is 1.